The SMILES string of the molecule is Cc1c(Cl)cccc1Nc1ccnc(Cl)n1. The van der Waals surface area contributed by atoms with Crippen LogP contribution in [0, 0.1) is 6.92 Å². The summed E-state index contributed by atoms with van der Waals surface area (Å²) in [7, 11) is 0. The molecule has 0 saturated carbocycles. The molecule has 2 rings (SSSR count). The van der Waals surface area contributed by atoms with Crippen molar-refractivity contribution in [2.24, 2.45) is 0 Å². The fraction of sp³-hybridized carbons (Fsp3) is 0.0909. The molecule has 2 aromatic rings. The summed E-state index contributed by atoms with van der Waals surface area (Å²) in [6.45, 7) is 1.94. The first-order valence-electron chi connectivity index (χ1n) is 4.67. The second-order valence-electron chi connectivity index (χ2n) is 3.25. The van der Waals surface area contributed by atoms with Crippen LogP contribution in [0.5, 0.6) is 0 Å². The van der Waals surface area contributed by atoms with E-state index in [9.17, 15) is 0 Å². The van der Waals surface area contributed by atoms with Crippen LogP contribution in [0.15, 0.2) is 30.5 Å². The average Bonchev–Trinajstić information content (AvgIpc) is 2.25. The van der Waals surface area contributed by atoms with Gasteiger partial charge in [-0.1, -0.05) is 17.7 Å². The van der Waals surface area contributed by atoms with Crippen molar-refractivity contribution in [1.29, 1.82) is 0 Å². The molecule has 5 heteroatoms. The summed E-state index contributed by atoms with van der Waals surface area (Å²) in [6, 6.07) is 7.39. The smallest absolute Gasteiger partial charge is 0.224 e. The quantitative estimate of drug-likeness (QED) is 0.827. The minimum absolute atomic E-state index is 0.213. The van der Waals surface area contributed by atoms with Crippen LogP contribution >= 0.6 is 23.2 Å². The Morgan fingerprint density at radius 3 is 2.75 bits per heavy atom. The molecule has 0 aliphatic heterocycles. The second kappa shape index (κ2) is 4.68. The van der Waals surface area contributed by atoms with Gasteiger partial charge in [0.05, 0.1) is 0 Å². The van der Waals surface area contributed by atoms with E-state index in [1.165, 1.54) is 0 Å². The van der Waals surface area contributed by atoms with E-state index in [1.54, 1.807) is 12.3 Å². The van der Waals surface area contributed by atoms with E-state index < -0.39 is 0 Å². The largest absolute Gasteiger partial charge is 0.340 e. The Labute approximate surface area is 103 Å². The Morgan fingerprint density at radius 1 is 1.19 bits per heavy atom. The van der Waals surface area contributed by atoms with Crippen LogP contribution in [0.25, 0.3) is 0 Å². The number of anilines is 2. The number of nitrogens with one attached hydrogen (secondary N) is 1. The van der Waals surface area contributed by atoms with E-state index in [4.69, 9.17) is 23.2 Å². The third-order valence-electron chi connectivity index (χ3n) is 2.16. The highest BCUT2D eigenvalue weighted by atomic mass is 35.5. The predicted molar refractivity (Wildman–Crippen MR) is 66.5 cm³/mol. The van der Waals surface area contributed by atoms with E-state index in [2.05, 4.69) is 15.3 Å². The molecule has 1 aromatic carbocycles. The van der Waals surface area contributed by atoms with E-state index in [0.717, 1.165) is 11.3 Å². The van der Waals surface area contributed by atoms with Crippen LogP contribution in [-0.2, 0) is 0 Å². The maximum atomic E-state index is 6.01. The van der Waals surface area contributed by atoms with Crippen molar-refractivity contribution >= 4 is 34.7 Å². The van der Waals surface area contributed by atoms with Crippen LogP contribution in [0.1, 0.15) is 5.56 Å². The van der Waals surface area contributed by atoms with Gasteiger partial charge in [0.25, 0.3) is 0 Å². The normalized spacial score (nSPS) is 10.2. The summed E-state index contributed by atoms with van der Waals surface area (Å²) in [5.41, 5.74) is 1.88. The van der Waals surface area contributed by atoms with Gasteiger partial charge in [-0.3, -0.25) is 0 Å². The third kappa shape index (κ3) is 2.43. The van der Waals surface area contributed by atoms with Crippen molar-refractivity contribution in [3.8, 4) is 0 Å². The van der Waals surface area contributed by atoms with Gasteiger partial charge in [0.1, 0.15) is 5.82 Å². The van der Waals surface area contributed by atoms with Gasteiger partial charge < -0.3 is 5.32 Å². The number of nitrogens with zero attached hydrogens (tertiary/aromatic N) is 2. The summed E-state index contributed by atoms with van der Waals surface area (Å²) in [4.78, 5) is 7.85. The molecule has 0 aliphatic carbocycles. The predicted octanol–water partition coefficient (Wildman–Crippen LogP) is 3.84. The molecule has 0 atom stereocenters. The number of hydrogen-bond acceptors (Lipinski definition) is 3. The number of hydrogen-bond donors (Lipinski definition) is 1. The zero-order valence-electron chi connectivity index (χ0n) is 8.54. The summed E-state index contributed by atoms with van der Waals surface area (Å²) >= 11 is 11.7. The van der Waals surface area contributed by atoms with E-state index in [1.807, 2.05) is 25.1 Å². The molecule has 82 valence electrons. The average molecular weight is 254 g/mol. The molecule has 0 aliphatic rings. The number of rotatable bonds is 2. The topological polar surface area (TPSA) is 37.8 Å². The van der Waals surface area contributed by atoms with Crippen molar-refractivity contribution < 1.29 is 0 Å². The molecule has 0 amide bonds. The first kappa shape index (κ1) is 11.2. The monoisotopic (exact) mass is 253 g/mol. The molecular weight excluding hydrogens is 245 g/mol. The number of halogens is 2. The third-order valence-corrected chi connectivity index (χ3v) is 2.75. The Hall–Kier alpha value is -1.32. The van der Waals surface area contributed by atoms with Gasteiger partial charge in [0.2, 0.25) is 5.28 Å². The molecule has 0 radical (unpaired) electrons. The lowest BCUT2D eigenvalue weighted by atomic mass is 10.2. The van der Waals surface area contributed by atoms with Crippen molar-refractivity contribution in [3.05, 3.63) is 46.3 Å². The molecule has 16 heavy (non-hydrogen) atoms. The Balaban J connectivity index is 2.31. The van der Waals surface area contributed by atoms with Crippen LogP contribution < -0.4 is 5.32 Å². The van der Waals surface area contributed by atoms with Gasteiger partial charge in [0, 0.05) is 16.9 Å². The molecule has 0 bridgehead atoms. The van der Waals surface area contributed by atoms with Crippen molar-refractivity contribution in [2.45, 2.75) is 6.92 Å². The van der Waals surface area contributed by atoms with Crippen molar-refractivity contribution in [1.82, 2.24) is 9.97 Å². The van der Waals surface area contributed by atoms with E-state index in [0.29, 0.717) is 10.8 Å². The maximum Gasteiger partial charge on any atom is 0.224 e. The molecule has 1 heterocycles. The summed E-state index contributed by atoms with van der Waals surface area (Å²) in [6.07, 6.45) is 1.59. The van der Waals surface area contributed by atoms with Gasteiger partial charge >= 0.3 is 0 Å². The zero-order valence-corrected chi connectivity index (χ0v) is 10.0. The highest BCUT2D eigenvalue weighted by Crippen LogP contribution is 2.25. The zero-order chi connectivity index (χ0) is 11.5. The molecule has 1 aromatic heterocycles. The molecule has 0 spiro atoms. The van der Waals surface area contributed by atoms with E-state index in [-0.39, 0.29) is 5.28 Å². The Morgan fingerprint density at radius 2 is 2.00 bits per heavy atom. The molecule has 0 unspecified atom stereocenters. The summed E-state index contributed by atoms with van der Waals surface area (Å²) < 4.78 is 0. The Bertz CT molecular complexity index is 514. The standard InChI is InChI=1S/C11H9Cl2N3/c1-7-8(12)3-2-4-9(7)15-10-5-6-14-11(13)16-10/h2-6H,1H3,(H,14,15,16). The minimum Gasteiger partial charge on any atom is -0.340 e. The minimum atomic E-state index is 0.213. The van der Waals surface area contributed by atoms with Crippen LogP contribution in [0.4, 0.5) is 11.5 Å². The van der Waals surface area contributed by atoms with Crippen molar-refractivity contribution in [3.63, 3.8) is 0 Å². The lowest BCUT2D eigenvalue weighted by molar-refractivity contribution is 1.17. The molecular formula is C11H9Cl2N3. The summed E-state index contributed by atoms with van der Waals surface area (Å²) in [5, 5.41) is 4.06. The number of aromatic nitrogens is 2. The van der Waals surface area contributed by atoms with Gasteiger partial charge in [-0.05, 0) is 42.3 Å². The molecule has 1 N–H and O–H groups in total. The van der Waals surface area contributed by atoms with Gasteiger partial charge in [-0.25, -0.2) is 9.97 Å². The summed E-state index contributed by atoms with van der Waals surface area (Å²) in [5.74, 6) is 0.644. The van der Waals surface area contributed by atoms with Crippen LogP contribution in [-0.4, -0.2) is 9.97 Å². The number of benzene rings is 1. The van der Waals surface area contributed by atoms with Gasteiger partial charge in [-0.2, -0.15) is 0 Å². The van der Waals surface area contributed by atoms with Crippen molar-refractivity contribution in [2.75, 3.05) is 5.32 Å². The second-order valence-corrected chi connectivity index (χ2v) is 3.99. The van der Waals surface area contributed by atoms with Gasteiger partial charge in [-0.15, -0.1) is 0 Å². The fourth-order valence-corrected chi connectivity index (χ4v) is 1.61. The highest BCUT2D eigenvalue weighted by molar-refractivity contribution is 6.31. The first-order valence-corrected chi connectivity index (χ1v) is 5.43. The fourth-order valence-electron chi connectivity index (χ4n) is 1.29. The molecule has 0 fully saturated rings. The van der Waals surface area contributed by atoms with E-state index >= 15 is 0 Å². The maximum absolute atomic E-state index is 6.01. The lowest BCUT2D eigenvalue weighted by Crippen LogP contribution is -1.96. The lowest BCUT2D eigenvalue weighted by Gasteiger charge is -2.09. The van der Waals surface area contributed by atoms with Gasteiger partial charge in [0.15, 0.2) is 0 Å². The molecule has 0 saturated heterocycles. The first-order chi connectivity index (χ1) is 7.66. The Kier molecular flexibility index (Phi) is 3.27. The molecule has 3 nitrogen and oxygen atoms in total. The van der Waals surface area contributed by atoms with Crippen LogP contribution in [0.3, 0.4) is 0 Å². The highest BCUT2D eigenvalue weighted by Gasteiger charge is 2.03. The van der Waals surface area contributed by atoms with Crippen LogP contribution in [0.2, 0.25) is 10.3 Å².